The molecule has 9 rings (SSSR count). The summed E-state index contributed by atoms with van der Waals surface area (Å²) < 4.78 is 7.55. The van der Waals surface area contributed by atoms with Gasteiger partial charge in [-0.25, -0.2) is 0 Å². The van der Waals surface area contributed by atoms with Gasteiger partial charge in [0.25, 0.3) is 0 Å². The highest BCUT2D eigenvalue weighted by Gasteiger charge is 2.22. The third-order valence-corrected chi connectivity index (χ3v) is 12.9. The monoisotopic (exact) mass is 630 g/mol. The second-order valence-corrected chi connectivity index (χ2v) is 14.9. The van der Waals surface area contributed by atoms with Gasteiger partial charge in [0.05, 0.1) is 16.6 Å². The Morgan fingerprint density at radius 1 is 0.478 bits per heavy atom. The van der Waals surface area contributed by atoms with Crippen molar-refractivity contribution >= 4 is 97.7 Å². The summed E-state index contributed by atoms with van der Waals surface area (Å²) in [7, 11) is 4.53. The van der Waals surface area contributed by atoms with Crippen molar-refractivity contribution in [2.75, 3.05) is 0 Å². The van der Waals surface area contributed by atoms with E-state index in [4.69, 9.17) is 0 Å². The van der Waals surface area contributed by atoms with Crippen molar-refractivity contribution in [1.29, 1.82) is 0 Å². The first-order valence-electron chi connectivity index (χ1n) is 15.9. The van der Waals surface area contributed by atoms with Crippen LogP contribution in [0.15, 0.2) is 107 Å². The Morgan fingerprint density at radius 2 is 1.13 bits per heavy atom. The molecule has 0 aliphatic heterocycles. The fourth-order valence-corrected chi connectivity index (χ4v) is 10.1. The van der Waals surface area contributed by atoms with Crippen molar-refractivity contribution in [2.24, 2.45) is 14.1 Å². The lowest BCUT2D eigenvalue weighted by Gasteiger charge is -2.16. The molecule has 0 spiro atoms. The molecular weight excluding hydrogens is 597 g/mol. The number of nitrogens with zero attached hydrogens (tertiary/aromatic N) is 2. The summed E-state index contributed by atoms with van der Waals surface area (Å²) in [5.41, 5.74) is 10.5. The predicted octanol–water partition coefficient (Wildman–Crippen LogP) is 12.4. The third kappa shape index (κ3) is 3.72. The third-order valence-electron chi connectivity index (χ3n) is 10.3. The van der Waals surface area contributed by atoms with Gasteiger partial charge in [-0.3, -0.25) is 0 Å². The van der Waals surface area contributed by atoms with Gasteiger partial charge in [-0.15, -0.1) is 11.3 Å². The van der Waals surface area contributed by atoms with Gasteiger partial charge in [-0.2, -0.15) is 0 Å². The summed E-state index contributed by atoms with van der Waals surface area (Å²) in [6.45, 7) is 9.20. The Morgan fingerprint density at radius 3 is 1.96 bits per heavy atom. The molecule has 6 aromatic carbocycles. The number of aromatic nitrogens is 2. The first-order valence-corrected chi connectivity index (χ1v) is 17.5. The SMILES string of the molecule is Cc1ccccc1Sc1cc2sc3cccc(c3C)c3cccc4c5cc6c7ccccc7n(C)c6c(c(c1C)c2C)c5n(C)c34. The molecule has 0 amide bonds. The second kappa shape index (κ2) is 9.99. The largest absolute Gasteiger partial charge is 0.343 e. The molecule has 0 unspecified atom stereocenters. The average molecular weight is 631 g/mol. The lowest BCUT2D eigenvalue weighted by Crippen LogP contribution is -1.95. The second-order valence-electron chi connectivity index (χ2n) is 12.8. The van der Waals surface area contributed by atoms with E-state index in [1.807, 2.05) is 23.1 Å². The molecular formula is C42H34N2S2. The van der Waals surface area contributed by atoms with E-state index in [9.17, 15) is 0 Å². The van der Waals surface area contributed by atoms with Crippen LogP contribution in [0, 0.1) is 27.7 Å². The van der Waals surface area contributed by atoms with Gasteiger partial charge < -0.3 is 9.13 Å². The topological polar surface area (TPSA) is 9.86 Å². The smallest absolute Gasteiger partial charge is 0.0590 e. The summed E-state index contributed by atoms with van der Waals surface area (Å²) in [5, 5.41) is 10.5. The van der Waals surface area contributed by atoms with E-state index in [0.717, 1.165) is 0 Å². The molecule has 0 saturated heterocycles. The van der Waals surface area contributed by atoms with Crippen molar-refractivity contribution in [3.05, 3.63) is 119 Å². The van der Waals surface area contributed by atoms with Crippen LogP contribution in [0.2, 0.25) is 0 Å². The molecule has 3 heterocycles. The zero-order valence-corrected chi connectivity index (χ0v) is 28.6. The lowest BCUT2D eigenvalue weighted by atomic mass is 9.97. The molecule has 4 heteroatoms. The van der Waals surface area contributed by atoms with E-state index in [1.54, 1.807) is 0 Å². The molecule has 9 aromatic rings. The number of para-hydroxylation sites is 2. The molecule has 0 saturated carbocycles. The number of hydrogen-bond donors (Lipinski definition) is 0. The minimum atomic E-state index is 1.26. The van der Waals surface area contributed by atoms with E-state index in [-0.39, 0.29) is 0 Å². The van der Waals surface area contributed by atoms with Gasteiger partial charge >= 0.3 is 0 Å². The van der Waals surface area contributed by atoms with Crippen LogP contribution >= 0.6 is 23.1 Å². The summed E-state index contributed by atoms with van der Waals surface area (Å²) in [6.07, 6.45) is 0. The molecule has 2 nitrogen and oxygen atoms in total. The Labute approximate surface area is 276 Å². The Balaban J connectivity index is 1.66. The first kappa shape index (κ1) is 27.8. The molecule has 0 aliphatic carbocycles. The Bertz CT molecular complexity index is 2790. The van der Waals surface area contributed by atoms with Gasteiger partial charge in [0.2, 0.25) is 0 Å². The fourth-order valence-electron chi connectivity index (χ4n) is 7.95. The van der Waals surface area contributed by atoms with E-state index in [1.165, 1.54) is 107 Å². The zero-order valence-electron chi connectivity index (χ0n) is 26.9. The summed E-state index contributed by atoms with van der Waals surface area (Å²) in [4.78, 5) is 2.62. The molecule has 0 radical (unpaired) electrons. The predicted molar refractivity (Wildman–Crippen MR) is 203 cm³/mol. The van der Waals surface area contributed by atoms with Crippen molar-refractivity contribution in [2.45, 2.75) is 37.5 Å². The van der Waals surface area contributed by atoms with Gasteiger partial charge in [0, 0.05) is 71.1 Å². The van der Waals surface area contributed by atoms with E-state index in [2.05, 4.69) is 148 Å². The molecule has 0 fully saturated rings. The van der Waals surface area contributed by atoms with Crippen LogP contribution in [0.1, 0.15) is 22.3 Å². The van der Waals surface area contributed by atoms with Crippen LogP contribution < -0.4 is 0 Å². The van der Waals surface area contributed by atoms with Crippen LogP contribution in [0.4, 0.5) is 0 Å². The van der Waals surface area contributed by atoms with Gasteiger partial charge in [0.1, 0.15) is 0 Å². The van der Waals surface area contributed by atoms with E-state index < -0.39 is 0 Å². The van der Waals surface area contributed by atoms with Crippen LogP contribution in [-0.2, 0) is 14.1 Å². The minimum absolute atomic E-state index is 1.26. The molecule has 224 valence electrons. The number of hydrogen-bond acceptors (Lipinski definition) is 2. The van der Waals surface area contributed by atoms with Gasteiger partial charge in [-0.1, -0.05) is 78.5 Å². The number of benzene rings is 6. The number of aryl methyl sites for hydroxylation is 6. The highest BCUT2D eigenvalue weighted by Crippen LogP contribution is 2.47. The Kier molecular flexibility index (Phi) is 6.03. The number of fused-ring (bicyclic) bond motifs is 11. The fraction of sp³-hybridized carbons (Fsp3) is 0.143. The van der Waals surface area contributed by atoms with Crippen LogP contribution in [0.3, 0.4) is 0 Å². The maximum atomic E-state index is 2.49. The zero-order chi connectivity index (χ0) is 31.4. The first-order chi connectivity index (χ1) is 22.3. The maximum absolute atomic E-state index is 2.49. The van der Waals surface area contributed by atoms with Gasteiger partial charge in [-0.05, 0) is 91.1 Å². The molecule has 0 N–H and O–H groups in total. The summed E-state index contributed by atoms with van der Waals surface area (Å²) in [6, 6.07) is 36.3. The lowest BCUT2D eigenvalue weighted by molar-refractivity contribution is 1.01. The Hall–Kier alpha value is -4.51. The van der Waals surface area contributed by atoms with Crippen molar-refractivity contribution < 1.29 is 0 Å². The minimum Gasteiger partial charge on any atom is -0.343 e. The van der Waals surface area contributed by atoms with Crippen molar-refractivity contribution in [1.82, 2.24) is 9.13 Å². The summed E-state index contributed by atoms with van der Waals surface area (Å²) in [5.74, 6) is 0. The van der Waals surface area contributed by atoms with Crippen LogP contribution in [0.5, 0.6) is 0 Å². The van der Waals surface area contributed by atoms with E-state index in [0.29, 0.717) is 0 Å². The number of rotatable bonds is 2. The highest BCUT2D eigenvalue weighted by molar-refractivity contribution is 7.99. The van der Waals surface area contributed by atoms with Crippen molar-refractivity contribution in [3.8, 4) is 0 Å². The maximum Gasteiger partial charge on any atom is 0.0590 e. The van der Waals surface area contributed by atoms with Gasteiger partial charge in [0.15, 0.2) is 0 Å². The quantitative estimate of drug-likeness (QED) is 0.185. The average Bonchev–Trinajstić information content (AvgIpc) is 3.51. The molecule has 6 bridgehead atoms. The standard InChI is InChI=1S/C42H34N2S2/c1-23-13-7-10-19-34(23)45-36-22-37-26(4)38(25(36)3)39-41-31(28-14-8-9-18-33(28)43(41)5)21-32-30-17-11-16-29(40(30)44(6)42(32)39)27-15-12-20-35(46-37)24(27)2/h7-22H,1-6H3. The van der Waals surface area contributed by atoms with E-state index >= 15 is 0 Å². The molecule has 3 aromatic heterocycles. The van der Waals surface area contributed by atoms with Crippen LogP contribution in [0.25, 0.3) is 74.6 Å². The molecule has 0 atom stereocenters. The van der Waals surface area contributed by atoms with Crippen LogP contribution in [-0.4, -0.2) is 9.13 Å². The highest BCUT2D eigenvalue weighted by atomic mass is 32.2. The molecule has 46 heavy (non-hydrogen) atoms. The van der Waals surface area contributed by atoms with Crippen molar-refractivity contribution in [3.63, 3.8) is 0 Å². The normalized spacial score (nSPS) is 12.2. The molecule has 0 aliphatic rings. The summed E-state index contributed by atoms with van der Waals surface area (Å²) >= 11 is 3.82.